The van der Waals surface area contributed by atoms with Gasteiger partial charge >= 0.3 is 0 Å². The Hall–Kier alpha value is -2.00. The summed E-state index contributed by atoms with van der Waals surface area (Å²) < 4.78 is 5.73. The lowest BCUT2D eigenvalue weighted by Gasteiger charge is -2.17. The van der Waals surface area contributed by atoms with E-state index in [1.807, 2.05) is 25.1 Å². The van der Waals surface area contributed by atoms with Gasteiger partial charge in [-0.3, -0.25) is 4.79 Å². The second-order valence-electron chi connectivity index (χ2n) is 5.35. The van der Waals surface area contributed by atoms with E-state index in [0.717, 1.165) is 12.8 Å². The predicted molar refractivity (Wildman–Crippen MR) is 93.9 cm³/mol. The lowest BCUT2D eigenvalue weighted by molar-refractivity contribution is -0.128. The number of aryl methyl sites for hydroxylation is 1. The fourth-order valence-corrected chi connectivity index (χ4v) is 2.39. The van der Waals surface area contributed by atoms with Crippen LogP contribution < -0.4 is 10.1 Å². The van der Waals surface area contributed by atoms with Crippen molar-refractivity contribution in [1.82, 2.24) is 5.32 Å². The summed E-state index contributed by atoms with van der Waals surface area (Å²) in [6, 6.07) is 17.3. The summed E-state index contributed by atoms with van der Waals surface area (Å²) in [6.07, 6.45) is 2.00. The summed E-state index contributed by atoms with van der Waals surface area (Å²) in [4.78, 5) is 12.2. The third-order valence-corrected chi connectivity index (χ3v) is 3.79. The summed E-state index contributed by atoms with van der Waals surface area (Å²) >= 11 is 5.84. The molecule has 0 radical (unpaired) electrons. The van der Waals surface area contributed by atoms with E-state index in [-0.39, 0.29) is 5.91 Å². The van der Waals surface area contributed by atoms with Crippen LogP contribution in [0.15, 0.2) is 54.6 Å². The molecule has 0 aliphatic carbocycles. The first kappa shape index (κ1) is 17.4. The Morgan fingerprint density at radius 1 is 1.13 bits per heavy atom. The van der Waals surface area contributed by atoms with Crippen LogP contribution in [-0.4, -0.2) is 18.6 Å². The maximum Gasteiger partial charge on any atom is 0.261 e. The zero-order chi connectivity index (χ0) is 16.5. The van der Waals surface area contributed by atoms with Crippen LogP contribution in [0.2, 0.25) is 5.02 Å². The lowest BCUT2D eigenvalue weighted by atomic mass is 10.1. The van der Waals surface area contributed by atoms with Crippen LogP contribution in [0.3, 0.4) is 0 Å². The summed E-state index contributed by atoms with van der Waals surface area (Å²) in [5, 5.41) is 3.59. The van der Waals surface area contributed by atoms with Gasteiger partial charge in [0.1, 0.15) is 5.75 Å². The average molecular weight is 332 g/mol. The number of rotatable bonds is 8. The molecule has 1 N–H and O–H groups in total. The summed E-state index contributed by atoms with van der Waals surface area (Å²) in [5.74, 6) is 0.580. The number of carbonyl (C=O) groups excluding carboxylic acids is 1. The number of amides is 1. The van der Waals surface area contributed by atoms with Crippen LogP contribution in [0.4, 0.5) is 0 Å². The maximum absolute atomic E-state index is 12.2. The molecule has 23 heavy (non-hydrogen) atoms. The largest absolute Gasteiger partial charge is 0.481 e. The monoisotopic (exact) mass is 331 g/mol. The predicted octanol–water partition coefficient (Wildman–Crippen LogP) is 4.25. The van der Waals surface area contributed by atoms with Crippen molar-refractivity contribution < 1.29 is 9.53 Å². The first-order chi connectivity index (χ1) is 11.2. The van der Waals surface area contributed by atoms with Crippen LogP contribution in [0.5, 0.6) is 5.75 Å². The highest BCUT2D eigenvalue weighted by molar-refractivity contribution is 6.30. The number of nitrogens with one attached hydrogen (secondary N) is 1. The Balaban J connectivity index is 1.75. The number of hydrogen-bond acceptors (Lipinski definition) is 2. The topological polar surface area (TPSA) is 38.3 Å². The summed E-state index contributed by atoms with van der Waals surface area (Å²) in [7, 11) is 0. The molecule has 1 unspecified atom stereocenters. The van der Waals surface area contributed by atoms with Gasteiger partial charge in [-0.1, -0.05) is 48.9 Å². The highest BCUT2D eigenvalue weighted by atomic mass is 35.5. The minimum atomic E-state index is -0.479. The molecule has 0 aliphatic rings. The van der Waals surface area contributed by atoms with Gasteiger partial charge in [0, 0.05) is 11.6 Å². The molecule has 3 nitrogen and oxygen atoms in total. The maximum atomic E-state index is 12.2. The smallest absolute Gasteiger partial charge is 0.261 e. The third kappa shape index (κ3) is 5.95. The van der Waals surface area contributed by atoms with E-state index < -0.39 is 6.10 Å². The van der Waals surface area contributed by atoms with E-state index in [2.05, 4.69) is 17.4 Å². The standard InChI is InChI=1S/C19H22ClNO2/c1-2-18(23-17-12-10-16(20)11-13-17)19(22)21-14-6-9-15-7-4-3-5-8-15/h3-5,7-8,10-13,18H,2,6,9,14H2,1H3,(H,21,22). The molecule has 1 amide bonds. The molecule has 2 rings (SSSR count). The lowest BCUT2D eigenvalue weighted by Crippen LogP contribution is -2.38. The second-order valence-corrected chi connectivity index (χ2v) is 5.79. The van der Waals surface area contributed by atoms with E-state index in [0.29, 0.717) is 23.7 Å². The van der Waals surface area contributed by atoms with Crippen molar-refractivity contribution in [3.8, 4) is 5.75 Å². The molecule has 0 bridgehead atoms. The first-order valence-corrected chi connectivity index (χ1v) is 8.30. The van der Waals surface area contributed by atoms with Crippen molar-refractivity contribution in [3.05, 3.63) is 65.2 Å². The van der Waals surface area contributed by atoms with E-state index in [9.17, 15) is 4.79 Å². The van der Waals surface area contributed by atoms with E-state index in [1.54, 1.807) is 24.3 Å². The number of carbonyl (C=O) groups is 1. The number of halogens is 1. The summed E-state index contributed by atoms with van der Waals surface area (Å²) in [6.45, 7) is 2.58. The van der Waals surface area contributed by atoms with Crippen molar-refractivity contribution in [3.63, 3.8) is 0 Å². The Kier molecular flexibility index (Phi) is 6.95. The zero-order valence-corrected chi connectivity index (χ0v) is 14.1. The fraction of sp³-hybridized carbons (Fsp3) is 0.316. The van der Waals surface area contributed by atoms with Crippen LogP contribution in [0, 0.1) is 0 Å². The van der Waals surface area contributed by atoms with Crippen molar-refractivity contribution in [1.29, 1.82) is 0 Å². The summed E-state index contributed by atoms with van der Waals surface area (Å²) in [5.41, 5.74) is 1.28. The fourth-order valence-electron chi connectivity index (χ4n) is 2.26. The minimum absolute atomic E-state index is 0.0736. The highest BCUT2D eigenvalue weighted by Gasteiger charge is 2.17. The molecule has 0 spiro atoms. The van der Waals surface area contributed by atoms with Gasteiger partial charge in [-0.25, -0.2) is 0 Å². The molecule has 0 saturated carbocycles. The number of hydrogen-bond donors (Lipinski definition) is 1. The number of benzene rings is 2. The van der Waals surface area contributed by atoms with Crippen LogP contribution in [0.25, 0.3) is 0 Å². The average Bonchev–Trinajstić information content (AvgIpc) is 2.59. The van der Waals surface area contributed by atoms with Crippen LogP contribution in [-0.2, 0) is 11.2 Å². The van der Waals surface area contributed by atoms with Gasteiger partial charge < -0.3 is 10.1 Å². The van der Waals surface area contributed by atoms with E-state index in [4.69, 9.17) is 16.3 Å². The zero-order valence-electron chi connectivity index (χ0n) is 13.3. The number of ether oxygens (including phenoxy) is 1. The molecule has 2 aromatic rings. The van der Waals surface area contributed by atoms with Gasteiger partial charge in [-0.15, -0.1) is 0 Å². The van der Waals surface area contributed by atoms with Crippen molar-refractivity contribution in [2.24, 2.45) is 0 Å². The van der Waals surface area contributed by atoms with Gasteiger partial charge in [-0.05, 0) is 49.1 Å². The highest BCUT2D eigenvalue weighted by Crippen LogP contribution is 2.17. The van der Waals surface area contributed by atoms with Gasteiger partial charge in [0.15, 0.2) is 6.10 Å². The Labute approximate surface area is 142 Å². The molecule has 0 saturated heterocycles. The molecule has 0 aliphatic heterocycles. The molecule has 122 valence electrons. The van der Waals surface area contributed by atoms with Crippen molar-refractivity contribution >= 4 is 17.5 Å². The van der Waals surface area contributed by atoms with Gasteiger partial charge in [-0.2, -0.15) is 0 Å². The van der Waals surface area contributed by atoms with Crippen molar-refractivity contribution in [2.45, 2.75) is 32.3 Å². The quantitative estimate of drug-likeness (QED) is 0.734. The molecule has 0 aromatic heterocycles. The van der Waals surface area contributed by atoms with Crippen molar-refractivity contribution in [2.75, 3.05) is 6.54 Å². The molecule has 4 heteroatoms. The normalized spacial score (nSPS) is 11.7. The van der Waals surface area contributed by atoms with E-state index >= 15 is 0 Å². The third-order valence-electron chi connectivity index (χ3n) is 3.54. The van der Waals surface area contributed by atoms with E-state index in [1.165, 1.54) is 5.56 Å². The molecule has 2 aromatic carbocycles. The van der Waals surface area contributed by atoms with Gasteiger partial charge in [0.2, 0.25) is 0 Å². The Bertz CT molecular complexity index is 599. The molecule has 0 fully saturated rings. The molecular formula is C19H22ClNO2. The molecule has 0 heterocycles. The van der Waals surface area contributed by atoms with Gasteiger partial charge in [0.05, 0.1) is 0 Å². The molecule has 1 atom stereocenters. The van der Waals surface area contributed by atoms with Gasteiger partial charge in [0.25, 0.3) is 5.91 Å². The Morgan fingerprint density at radius 2 is 1.83 bits per heavy atom. The Morgan fingerprint density at radius 3 is 2.48 bits per heavy atom. The van der Waals surface area contributed by atoms with Crippen LogP contribution in [0.1, 0.15) is 25.3 Å². The first-order valence-electron chi connectivity index (χ1n) is 7.93. The SMILES string of the molecule is CCC(Oc1ccc(Cl)cc1)C(=O)NCCCc1ccccc1. The van der Waals surface area contributed by atoms with Crippen LogP contribution >= 0.6 is 11.6 Å². The molecular weight excluding hydrogens is 310 g/mol. The minimum Gasteiger partial charge on any atom is -0.481 e. The second kappa shape index (κ2) is 9.21.